The van der Waals surface area contributed by atoms with Crippen LogP contribution in [0, 0.1) is 0 Å². The smallest absolute Gasteiger partial charge is 0.226 e. The molecule has 6 nitrogen and oxygen atoms in total. The van der Waals surface area contributed by atoms with Gasteiger partial charge in [-0.05, 0) is 6.42 Å². The molecule has 0 aliphatic heterocycles. The van der Waals surface area contributed by atoms with E-state index in [0.717, 1.165) is 17.1 Å². The number of hydrogen-bond donors (Lipinski definition) is 2. The monoisotopic (exact) mass is 283 g/mol. The van der Waals surface area contributed by atoms with Gasteiger partial charge in [0.2, 0.25) is 5.91 Å². The van der Waals surface area contributed by atoms with Crippen molar-refractivity contribution in [1.29, 1.82) is 0 Å². The lowest BCUT2D eigenvalue weighted by molar-refractivity contribution is -0.120. The number of rotatable bonds is 8. The molecule has 0 atom stereocenters. The van der Waals surface area contributed by atoms with Gasteiger partial charge < -0.3 is 15.2 Å². The first-order valence-electron chi connectivity index (χ1n) is 6.16. The third-order valence-electron chi connectivity index (χ3n) is 2.51. The molecule has 2 heterocycles. The predicted octanol–water partition coefficient (Wildman–Crippen LogP) is 0.453. The number of carbonyl (C=O) groups excluding carboxylic acids is 1. The molecule has 0 aliphatic rings. The van der Waals surface area contributed by atoms with Gasteiger partial charge in [-0.3, -0.25) is 9.20 Å². The summed E-state index contributed by atoms with van der Waals surface area (Å²) in [5.74, 6) is -0.0343. The number of hydrogen-bond acceptors (Lipinski definition) is 5. The van der Waals surface area contributed by atoms with E-state index in [1.165, 1.54) is 0 Å². The number of aliphatic hydroxyl groups is 1. The second-order valence-corrected chi connectivity index (χ2v) is 4.91. The number of ether oxygens (including phenoxy) is 1. The highest BCUT2D eigenvalue weighted by atomic mass is 32.1. The average Bonchev–Trinajstić information content (AvgIpc) is 2.94. The third-order valence-corrected chi connectivity index (χ3v) is 3.28. The lowest BCUT2D eigenvalue weighted by atomic mass is 10.3. The number of carbonyl (C=O) groups is 1. The highest BCUT2D eigenvalue weighted by Gasteiger charge is 2.07. The maximum absolute atomic E-state index is 11.7. The molecule has 19 heavy (non-hydrogen) atoms. The number of aliphatic hydroxyl groups excluding tert-OH is 1. The summed E-state index contributed by atoms with van der Waals surface area (Å²) in [5.41, 5.74) is 0.779. The van der Waals surface area contributed by atoms with Crippen molar-refractivity contribution in [2.75, 3.05) is 26.4 Å². The van der Waals surface area contributed by atoms with Crippen LogP contribution in [0.3, 0.4) is 0 Å². The molecule has 104 valence electrons. The number of nitrogens with one attached hydrogen (secondary N) is 1. The molecule has 0 saturated carbocycles. The number of aromatic nitrogens is 2. The van der Waals surface area contributed by atoms with Gasteiger partial charge in [-0.25, -0.2) is 4.98 Å². The van der Waals surface area contributed by atoms with Gasteiger partial charge in [0, 0.05) is 30.9 Å². The summed E-state index contributed by atoms with van der Waals surface area (Å²) in [6.07, 6.45) is 4.83. The summed E-state index contributed by atoms with van der Waals surface area (Å²) < 4.78 is 7.01. The van der Waals surface area contributed by atoms with E-state index < -0.39 is 0 Å². The molecule has 0 fully saturated rings. The first-order chi connectivity index (χ1) is 9.29. The zero-order valence-corrected chi connectivity index (χ0v) is 11.4. The highest BCUT2D eigenvalue weighted by molar-refractivity contribution is 7.15. The molecule has 2 aromatic rings. The number of thiazole rings is 1. The largest absolute Gasteiger partial charge is 0.394 e. The second-order valence-electron chi connectivity index (χ2n) is 4.04. The van der Waals surface area contributed by atoms with Crippen LogP contribution in [0.5, 0.6) is 0 Å². The van der Waals surface area contributed by atoms with Crippen LogP contribution in [0.25, 0.3) is 4.96 Å². The van der Waals surface area contributed by atoms with Gasteiger partial charge in [-0.15, -0.1) is 11.3 Å². The van der Waals surface area contributed by atoms with Crippen LogP contribution in [0.15, 0.2) is 17.8 Å². The standard InChI is InChI=1S/C12H17N3O3S/c16-4-6-18-5-1-2-13-11(17)8-10-9-15-3-7-19-12(15)14-10/h3,7,9,16H,1-2,4-6,8H2,(H,13,17). The van der Waals surface area contributed by atoms with Crippen molar-refractivity contribution in [3.8, 4) is 0 Å². The van der Waals surface area contributed by atoms with Crippen molar-refractivity contribution >= 4 is 22.2 Å². The molecule has 2 rings (SSSR count). The summed E-state index contributed by atoms with van der Waals surface area (Å²) in [6, 6.07) is 0. The van der Waals surface area contributed by atoms with Gasteiger partial charge in [0.05, 0.1) is 25.3 Å². The van der Waals surface area contributed by atoms with Crippen molar-refractivity contribution in [3.63, 3.8) is 0 Å². The van der Waals surface area contributed by atoms with Crippen LogP contribution in [0.2, 0.25) is 0 Å². The molecule has 0 bridgehead atoms. The normalized spacial score (nSPS) is 11.0. The zero-order chi connectivity index (χ0) is 13.5. The molecule has 0 aliphatic carbocycles. The minimum atomic E-state index is -0.0343. The van der Waals surface area contributed by atoms with Crippen molar-refractivity contribution in [1.82, 2.24) is 14.7 Å². The Hall–Kier alpha value is -1.44. The number of amides is 1. The van der Waals surface area contributed by atoms with Crippen molar-refractivity contribution in [2.24, 2.45) is 0 Å². The Kier molecular flexibility index (Phi) is 5.31. The minimum absolute atomic E-state index is 0.0316. The summed E-state index contributed by atoms with van der Waals surface area (Å²) in [4.78, 5) is 16.9. The molecule has 0 aromatic carbocycles. The Bertz CT molecular complexity index is 494. The second kappa shape index (κ2) is 7.22. The molecule has 1 amide bonds. The van der Waals surface area contributed by atoms with Gasteiger partial charge in [0.25, 0.3) is 0 Å². The Morgan fingerprint density at radius 2 is 2.42 bits per heavy atom. The number of nitrogens with zero attached hydrogens (tertiary/aromatic N) is 2. The first-order valence-corrected chi connectivity index (χ1v) is 7.04. The maximum Gasteiger partial charge on any atom is 0.226 e. The molecular formula is C12H17N3O3S. The van der Waals surface area contributed by atoms with Crippen LogP contribution in [0.4, 0.5) is 0 Å². The molecule has 0 unspecified atom stereocenters. The Morgan fingerprint density at radius 1 is 1.53 bits per heavy atom. The fourth-order valence-corrected chi connectivity index (χ4v) is 2.38. The van der Waals surface area contributed by atoms with Crippen LogP contribution >= 0.6 is 11.3 Å². The van der Waals surface area contributed by atoms with Crippen molar-refractivity contribution < 1.29 is 14.6 Å². The molecule has 0 spiro atoms. The fraction of sp³-hybridized carbons (Fsp3) is 0.500. The van der Waals surface area contributed by atoms with E-state index in [2.05, 4.69) is 10.3 Å². The average molecular weight is 283 g/mol. The van der Waals surface area contributed by atoms with Crippen molar-refractivity contribution in [2.45, 2.75) is 12.8 Å². The molecule has 0 saturated heterocycles. The van der Waals surface area contributed by atoms with Gasteiger partial charge in [-0.1, -0.05) is 0 Å². The van der Waals surface area contributed by atoms with E-state index in [0.29, 0.717) is 26.2 Å². The maximum atomic E-state index is 11.7. The van der Waals surface area contributed by atoms with Gasteiger partial charge in [-0.2, -0.15) is 0 Å². The lowest BCUT2D eigenvalue weighted by Crippen LogP contribution is -2.27. The molecule has 0 radical (unpaired) electrons. The highest BCUT2D eigenvalue weighted by Crippen LogP contribution is 2.11. The zero-order valence-electron chi connectivity index (χ0n) is 10.5. The SMILES string of the molecule is O=C(Cc1cn2ccsc2n1)NCCCOCCO. The number of imidazole rings is 1. The van der Waals surface area contributed by atoms with E-state index in [9.17, 15) is 4.79 Å². The summed E-state index contributed by atoms with van der Waals surface area (Å²) >= 11 is 1.55. The summed E-state index contributed by atoms with van der Waals surface area (Å²) in [6.45, 7) is 1.50. The van der Waals surface area contributed by atoms with E-state index in [-0.39, 0.29) is 12.5 Å². The van der Waals surface area contributed by atoms with Gasteiger partial charge in [0.15, 0.2) is 4.96 Å². The van der Waals surface area contributed by atoms with Crippen LogP contribution in [-0.4, -0.2) is 46.8 Å². The topological polar surface area (TPSA) is 75.9 Å². The van der Waals surface area contributed by atoms with Crippen LogP contribution < -0.4 is 5.32 Å². The molecule has 2 aromatic heterocycles. The van der Waals surface area contributed by atoms with Crippen molar-refractivity contribution in [3.05, 3.63) is 23.5 Å². The Morgan fingerprint density at radius 3 is 3.21 bits per heavy atom. The molecule has 7 heteroatoms. The quantitative estimate of drug-likeness (QED) is 0.690. The third kappa shape index (κ3) is 4.30. The van der Waals surface area contributed by atoms with E-state index in [1.807, 2.05) is 22.2 Å². The Labute approximate surface area is 115 Å². The molecule has 2 N–H and O–H groups in total. The summed E-state index contributed by atoms with van der Waals surface area (Å²) in [5, 5.41) is 13.3. The fourth-order valence-electron chi connectivity index (χ4n) is 1.66. The van der Waals surface area contributed by atoms with Crippen LogP contribution in [-0.2, 0) is 16.0 Å². The lowest BCUT2D eigenvalue weighted by Gasteiger charge is -2.04. The molecular weight excluding hydrogens is 266 g/mol. The van der Waals surface area contributed by atoms with Gasteiger partial charge >= 0.3 is 0 Å². The van der Waals surface area contributed by atoms with Crippen LogP contribution in [0.1, 0.15) is 12.1 Å². The Balaban J connectivity index is 1.65. The van der Waals surface area contributed by atoms with E-state index in [1.54, 1.807) is 11.3 Å². The number of fused-ring (bicyclic) bond motifs is 1. The minimum Gasteiger partial charge on any atom is -0.394 e. The van der Waals surface area contributed by atoms with E-state index >= 15 is 0 Å². The van der Waals surface area contributed by atoms with E-state index in [4.69, 9.17) is 9.84 Å². The summed E-state index contributed by atoms with van der Waals surface area (Å²) in [7, 11) is 0. The van der Waals surface area contributed by atoms with Gasteiger partial charge in [0.1, 0.15) is 0 Å². The predicted molar refractivity (Wildman–Crippen MR) is 72.3 cm³/mol. The first kappa shape index (κ1) is 14.0.